The molecule has 2 amide bonds. The maximum absolute atomic E-state index is 12.4. The summed E-state index contributed by atoms with van der Waals surface area (Å²) in [6, 6.07) is 26.1. The number of hydrogen-bond acceptors (Lipinski definition) is 6. The molecule has 0 unspecified atom stereocenters. The Labute approximate surface area is 206 Å². The molecule has 0 aromatic heterocycles. The molecule has 0 aliphatic rings. The summed E-state index contributed by atoms with van der Waals surface area (Å²) in [7, 11) is 2.86. The molecule has 0 bridgehead atoms. The number of benzene rings is 4. The maximum atomic E-state index is 12.4. The zero-order valence-corrected chi connectivity index (χ0v) is 20.1. The van der Waals surface area contributed by atoms with Crippen LogP contribution in [0.4, 0.5) is 11.4 Å². The van der Waals surface area contributed by atoms with Crippen molar-refractivity contribution in [3.63, 3.8) is 0 Å². The van der Waals surface area contributed by atoms with E-state index in [9.17, 15) is 9.59 Å². The molecule has 0 aliphatic carbocycles. The van der Waals surface area contributed by atoms with Gasteiger partial charge in [0.25, 0.3) is 0 Å². The SMILES string of the molecule is N[C@H](CSSC[C@H](N)C(=O)Nc1ccc2ccccc2c1)C(=O)Nc1ccc2ccccc2c1. The number of hydrogen-bond donors (Lipinski definition) is 4. The van der Waals surface area contributed by atoms with E-state index in [4.69, 9.17) is 11.5 Å². The second-order valence-electron chi connectivity index (χ2n) is 7.88. The fraction of sp³-hybridized carbons (Fsp3) is 0.154. The smallest absolute Gasteiger partial charge is 0.242 e. The van der Waals surface area contributed by atoms with Gasteiger partial charge in [-0.1, -0.05) is 82.3 Å². The van der Waals surface area contributed by atoms with Gasteiger partial charge in [0.15, 0.2) is 0 Å². The Morgan fingerprint density at radius 2 is 1.00 bits per heavy atom. The molecular weight excluding hydrogens is 464 g/mol. The average molecular weight is 491 g/mol. The summed E-state index contributed by atoms with van der Waals surface area (Å²) in [5.41, 5.74) is 13.5. The zero-order valence-electron chi connectivity index (χ0n) is 18.4. The molecule has 0 saturated carbocycles. The summed E-state index contributed by atoms with van der Waals surface area (Å²) in [6.45, 7) is 0. The van der Waals surface area contributed by atoms with E-state index in [1.165, 1.54) is 21.6 Å². The third-order valence-corrected chi connectivity index (χ3v) is 7.76. The van der Waals surface area contributed by atoms with Crippen molar-refractivity contribution in [2.45, 2.75) is 12.1 Å². The normalized spacial score (nSPS) is 12.9. The van der Waals surface area contributed by atoms with Crippen molar-refractivity contribution in [3.05, 3.63) is 84.9 Å². The first kappa shape index (κ1) is 24.1. The van der Waals surface area contributed by atoms with Gasteiger partial charge in [-0.3, -0.25) is 9.59 Å². The molecule has 4 aromatic rings. The zero-order chi connectivity index (χ0) is 23.9. The third-order valence-electron chi connectivity index (χ3n) is 5.29. The molecular formula is C26H26N4O2S2. The van der Waals surface area contributed by atoms with Crippen LogP contribution in [0.3, 0.4) is 0 Å². The molecule has 0 radical (unpaired) electrons. The molecule has 0 spiro atoms. The van der Waals surface area contributed by atoms with Crippen molar-refractivity contribution < 1.29 is 9.59 Å². The van der Waals surface area contributed by atoms with Crippen LogP contribution in [0.15, 0.2) is 84.9 Å². The van der Waals surface area contributed by atoms with Gasteiger partial charge in [0, 0.05) is 22.9 Å². The first-order valence-corrected chi connectivity index (χ1v) is 13.3. The first-order valence-electron chi connectivity index (χ1n) is 10.8. The summed E-state index contributed by atoms with van der Waals surface area (Å²) in [5, 5.41) is 10.1. The number of rotatable bonds is 9. The van der Waals surface area contributed by atoms with Gasteiger partial charge in [0.1, 0.15) is 0 Å². The number of nitrogens with one attached hydrogen (secondary N) is 2. The van der Waals surface area contributed by atoms with Crippen LogP contribution in [0.1, 0.15) is 0 Å². The van der Waals surface area contributed by atoms with Crippen molar-refractivity contribution in [3.8, 4) is 0 Å². The Bertz CT molecular complexity index is 1210. The minimum atomic E-state index is -0.674. The van der Waals surface area contributed by atoms with E-state index in [1.54, 1.807) is 0 Å². The molecule has 0 fully saturated rings. The lowest BCUT2D eigenvalue weighted by Gasteiger charge is -2.14. The fourth-order valence-corrected chi connectivity index (χ4v) is 5.64. The quantitative estimate of drug-likeness (QED) is 0.202. The number of carbonyl (C=O) groups is 2. The van der Waals surface area contributed by atoms with E-state index in [1.807, 2.05) is 84.9 Å². The minimum Gasteiger partial charge on any atom is -0.325 e. The maximum Gasteiger partial charge on any atom is 0.242 e. The molecule has 6 nitrogen and oxygen atoms in total. The van der Waals surface area contributed by atoms with Gasteiger partial charge in [0.2, 0.25) is 11.8 Å². The summed E-state index contributed by atoms with van der Waals surface area (Å²) in [5.74, 6) is 0.315. The second-order valence-corrected chi connectivity index (χ2v) is 10.4. The Kier molecular flexibility index (Phi) is 8.08. The van der Waals surface area contributed by atoms with Crippen LogP contribution < -0.4 is 22.1 Å². The van der Waals surface area contributed by atoms with Crippen LogP contribution in [0.25, 0.3) is 21.5 Å². The van der Waals surface area contributed by atoms with Crippen LogP contribution in [-0.2, 0) is 9.59 Å². The van der Waals surface area contributed by atoms with Crippen LogP contribution in [0.5, 0.6) is 0 Å². The van der Waals surface area contributed by atoms with Crippen molar-refractivity contribution in [2.75, 3.05) is 22.1 Å². The molecule has 0 heterocycles. The van der Waals surface area contributed by atoms with Gasteiger partial charge in [0.05, 0.1) is 12.1 Å². The van der Waals surface area contributed by atoms with Crippen LogP contribution >= 0.6 is 21.6 Å². The average Bonchev–Trinajstić information content (AvgIpc) is 2.86. The van der Waals surface area contributed by atoms with Gasteiger partial charge in [-0.05, 0) is 45.8 Å². The van der Waals surface area contributed by atoms with Gasteiger partial charge in [-0.15, -0.1) is 0 Å². The Morgan fingerprint density at radius 3 is 1.41 bits per heavy atom. The van der Waals surface area contributed by atoms with Crippen molar-refractivity contribution in [2.24, 2.45) is 11.5 Å². The first-order chi connectivity index (χ1) is 16.5. The predicted molar refractivity (Wildman–Crippen MR) is 146 cm³/mol. The monoisotopic (exact) mass is 490 g/mol. The van der Waals surface area contributed by atoms with Crippen LogP contribution in [0.2, 0.25) is 0 Å². The Morgan fingerprint density at radius 1 is 0.618 bits per heavy atom. The summed E-state index contributed by atoms with van der Waals surface area (Å²) in [6.07, 6.45) is 0. The molecule has 0 aliphatic heterocycles. The third kappa shape index (κ3) is 6.30. The molecule has 34 heavy (non-hydrogen) atoms. The molecule has 174 valence electrons. The Balaban J connectivity index is 1.19. The van der Waals surface area contributed by atoms with Gasteiger partial charge in [-0.2, -0.15) is 0 Å². The molecule has 4 rings (SSSR count). The second kappa shape index (κ2) is 11.4. The number of fused-ring (bicyclic) bond motifs is 2. The number of amides is 2. The lowest BCUT2D eigenvalue weighted by atomic mass is 10.1. The molecule has 6 N–H and O–H groups in total. The summed E-state index contributed by atoms with van der Waals surface area (Å²) in [4.78, 5) is 24.9. The van der Waals surface area contributed by atoms with Crippen molar-refractivity contribution in [1.82, 2.24) is 0 Å². The van der Waals surface area contributed by atoms with Gasteiger partial charge in [-0.25, -0.2) is 0 Å². The van der Waals surface area contributed by atoms with E-state index in [-0.39, 0.29) is 11.8 Å². The van der Waals surface area contributed by atoms with Gasteiger partial charge < -0.3 is 22.1 Å². The minimum absolute atomic E-state index is 0.248. The molecule has 0 saturated heterocycles. The highest BCUT2D eigenvalue weighted by Crippen LogP contribution is 2.24. The lowest BCUT2D eigenvalue weighted by molar-refractivity contribution is -0.117. The number of nitrogens with two attached hydrogens (primary N) is 2. The standard InChI is InChI=1S/C26H26N4O2S2/c27-23(25(31)29-21-11-9-17-5-1-3-7-19(17)13-21)15-33-34-16-24(28)26(32)30-22-12-10-18-6-2-4-8-20(18)14-22/h1-14,23-24H,15-16,27-28H2,(H,29,31)(H,30,32)/t23-,24+. The van der Waals surface area contributed by atoms with Crippen molar-refractivity contribution >= 4 is 66.3 Å². The fourth-order valence-electron chi connectivity index (χ4n) is 3.40. The van der Waals surface area contributed by atoms with Crippen LogP contribution in [-0.4, -0.2) is 35.4 Å². The van der Waals surface area contributed by atoms with Crippen LogP contribution in [0, 0.1) is 0 Å². The topological polar surface area (TPSA) is 110 Å². The van der Waals surface area contributed by atoms with Crippen molar-refractivity contribution in [1.29, 1.82) is 0 Å². The van der Waals surface area contributed by atoms with E-state index in [0.717, 1.165) is 21.5 Å². The number of carbonyl (C=O) groups excluding carboxylic acids is 2. The van der Waals surface area contributed by atoms with Gasteiger partial charge >= 0.3 is 0 Å². The molecule has 8 heteroatoms. The molecule has 4 aromatic carbocycles. The highest BCUT2D eigenvalue weighted by Gasteiger charge is 2.17. The highest BCUT2D eigenvalue weighted by atomic mass is 33.1. The lowest BCUT2D eigenvalue weighted by Crippen LogP contribution is -2.38. The molecule has 2 atom stereocenters. The number of anilines is 2. The van der Waals surface area contributed by atoms with E-state index < -0.39 is 12.1 Å². The Hall–Kier alpha value is -3.04. The van der Waals surface area contributed by atoms with E-state index in [2.05, 4.69) is 10.6 Å². The van der Waals surface area contributed by atoms with E-state index >= 15 is 0 Å². The largest absolute Gasteiger partial charge is 0.325 e. The summed E-state index contributed by atoms with van der Waals surface area (Å²) < 4.78 is 0. The predicted octanol–water partition coefficient (Wildman–Crippen LogP) is 4.61. The van der Waals surface area contributed by atoms with E-state index in [0.29, 0.717) is 22.9 Å². The summed E-state index contributed by atoms with van der Waals surface area (Å²) >= 11 is 0. The highest BCUT2D eigenvalue weighted by molar-refractivity contribution is 8.76.